The van der Waals surface area contributed by atoms with Crippen molar-refractivity contribution < 1.29 is 22.0 Å². The van der Waals surface area contributed by atoms with Crippen LogP contribution in [0, 0.1) is 29.2 Å². The van der Waals surface area contributed by atoms with Crippen molar-refractivity contribution in [3.63, 3.8) is 0 Å². The van der Waals surface area contributed by atoms with E-state index in [0.29, 0.717) is 23.5 Å². The fourth-order valence-electron chi connectivity index (χ4n) is 4.58. The standard InChI is InChI=1S/C23H28F2.C6H3F3/c1-2-3-18-6-13-22(23(25)16-18)21-11-9-20(10-12-21)19-7-4-17(5-8-19)14-15-24;7-4-1-2-5(8)6(9)3-4/h6,9-13,16-17,19H,2-5,7-8,14-15H2,1H3;1-3H. The molecule has 0 nitrogen and oxygen atoms in total. The summed E-state index contributed by atoms with van der Waals surface area (Å²) in [6.45, 7) is 1.92. The molecule has 0 aliphatic heterocycles. The first-order chi connectivity index (χ1) is 16.4. The Morgan fingerprint density at radius 2 is 1.44 bits per heavy atom. The van der Waals surface area contributed by atoms with Crippen molar-refractivity contribution in [2.24, 2.45) is 5.92 Å². The molecule has 0 atom stereocenters. The third kappa shape index (κ3) is 7.15. The Hall–Kier alpha value is -2.69. The van der Waals surface area contributed by atoms with Crippen LogP contribution in [0.15, 0.2) is 60.7 Å². The van der Waals surface area contributed by atoms with Gasteiger partial charge in [-0.1, -0.05) is 49.7 Å². The monoisotopic (exact) mass is 474 g/mol. The lowest BCUT2D eigenvalue weighted by molar-refractivity contribution is 0.283. The van der Waals surface area contributed by atoms with Crippen LogP contribution in [-0.2, 0) is 6.42 Å². The van der Waals surface area contributed by atoms with Crippen LogP contribution in [0.3, 0.4) is 0 Å². The highest BCUT2D eigenvalue weighted by Crippen LogP contribution is 2.37. The Morgan fingerprint density at radius 1 is 0.735 bits per heavy atom. The first-order valence-corrected chi connectivity index (χ1v) is 12.0. The van der Waals surface area contributed by atoms with Crippen LogP contribution in [-0.4, -0.2) is 6.67 Å². The van der Waals surface area contributed by atoms with E-state index in [1.165, 1.54) is 5.56 Å². The Bertz CT molecular complexity index is 1040. The van der Waals surface area contributed by atoms with Crippen molar-refractivity contribution in [1.82, 2.24) is 0 Å². The third-order valence-electron chi connectivity index (χ3n) is 6.51. The van der Waals surface area contributed by atoms with E-state index in [-0.39, 0.29) is 12.5 Å². The van der Waals surface area contributed by atoms with Gasteiger partial charge in [0.2, 0.25) is 0 Å². The van der Waals surface area contributed by atoms with Gasteiger partial charge in [-0.2, -0.15) is 0 Å². The second kappa shape index (κ2) is 12.7. The van der Waals surface area contributed by atoms with Gasteiger partial charge in [0.05, 0.1) is 6.67 Å². The number of aryl methyl sites for hydroxylation is 1. The van der Waals surface area contributed by atoms with Gasteiger partial charge in [-0.25, -0.2) is 17.6 Å². The smallest absolute Gasteiger partial charge is 0.161 e. The summed E-state index contributed by atoms with van der Waals surface area (Å²) >= 11 is 0. The number of hydrogen-bond donors (Lipinski definition) is 0. The van der Waals surface area contributed by atoms with Gasteiger partial charge in [0.1, 0.15) is 11.6 Å². The van der Waals surface area contributed by atoms with Crippen molar-refractivity contribution in [3.05, 3.63) is 95.1 Å². The normalized spacial score (nSPS) is 17.7. The predicted molar refractivity (Wildman–Crippen MR) is 127 cm³/mol. The highest BCUT2D eigenvalue weighted by molar-refractivity contribution is 5.65. The van der Waals surface area contributed by atoms with Gasteiger partial charge >= 0.3 is 0 Å². The fraction of sp³-hybridized carbons (Fsp3) is 0.379. The molecule has 182 valence electrons. The van der Waals surface area contributed by atoms with E-state index in [2.05, 4.69) is 19.1 Å². The zero-order chi connectivity index (χ0) is 24.5. The van der Waals surface area contributed by atoms with Gasteiger partial charge < -0.3 is 0 Å². The maximum absolute atomic E-state index is 14.4. The van der Waals surface area contributed by atoms with Crippen molar-refractivity contribution in [1.29, 1.82) is 0 Å². The molecule has 0 amide bonds. The Morgan fingerprint density at radius 3 is 2.00 bits per heavy atom. The Labute approximate surface area is 198 Å². The van der Waals surface area contributed by atoms with E-state index in [4.69, 9.17) is 0 Å². The fourth-order valence-corrected chi connectivity index (χ4v) is 4.58. The quantitative estimate of drug-likeness (QED) is 0.247. The highest BCUT2D eigenvalue weighted by Gasteiger charge is 2.22. The van der Waals surface area contributed by atoms with Gasteiger partial charge in [-0.05, 0) is 85.3 Å². The van der Waals surface area contributed by atoms with Crippen LogP contribution < -0.4 is 0 Å². The minimum absolute atomic E-state index is 0.134. The molecule has 1 aliphatic carbocycles. The minimum Gasteiger partial charge on any atom is -0.251 e. The zero-order valence-electron chi connectivity index (χ0n) is 19.5. The van der Waals surface area contributed by atoms with Gasteiger partial charge in [-0.3, -0.25) is 4.39 Å². The van der Waals surface area contributed by atoms with Gasteiger partial charge in [0.15, 0.2) is 11.6 Å². The number of benzene rings is 3. The van der Waals surface area contributed by atoms with E-state index in [1.54, 1.807) is 6.07 Å². The molecular formula is C29H31F5. The molecule has 1 aliphatic rings. The number of rotatable bonds is 6. The van der Waals surface area contributed by atoms with Crippen molar-refractivity contribution in [2.45, 2.75) is 57.8 Å². The minimum atomic E-state index is -1.16. The van der Waals surface area contributed by atoms with Gasteiger partial charge in [0.25, 0.3) is 0 Å². The Balaban J connectivity index is 0.000000302. The maximum atomic E-state index is 14.4. The lowest BCUT2D eigenvalue weighted by atomic mass is 9.77. The van der Waals surface area contributed by atoms with Crippen LogP contribution >= 0.6 is 0 Å². The van der Waals surface area contributed by atoms with Crippen LogP contribution in [0.5, 0.6) is 0 Å². The van der Waals surface area contributed by atoms with E-state index in [0.717, 1.165) is 68.2 Å². The van der Waals surface area contributed by atoms with Crippen LogP contribution in [0.4, 0.5) is 22.0 Å². The Kier molecular flexibility index (Phi) is 9.67. The molecule has 0 bridgehead atoms. The summed E-state index contributed by atoms with van der Waals surface area (Å²) < 4.78 is 62.7. The largest absolute Gasteiger partial charge is 0.251 e. The summed E-state index contributed by atoms with van der Waals surface area (Å²) in [5.41, 5.74) is 4.02. The number of hydrogen-bond acceptors (Lipinski definition) is 0. The molecular weight excluding hydrogens is 443 g/mol. The van der Waals surface area contributed by atoms with E-state index < -0.39 is 17.5 Å². The second-order valence-electron chi connectivity index (χ2n) is 8.94. The lowest BCUT2D eigenvalue weighted by Crippen LogP contribution is -2.13. The molecule has 0 N–H and O–H groups in total. The molecule has 0 spiro atoms. The summed E-state index contributed by atoms with van der Waals surface area (Å²) in [7, 11) is 0. The SMILES string of the molecule is CCCc1ccc(-c2ccc(C3CCC(CCF)CC3)cc2)c(F)c1.Fc1ccc(F)c(F)c1. The van der Waals surface area contributed by atoms with Crippen molar-refractivity contribution in [2.75, 3.05) is 6.67 Å². The molecule has 0 saturated heterocycles. The van der Waals surface area contributed by atoms with Crippen molar-refractivity contribution >= 4 is 0 Å². The zero-order valence-corrected chi connectivity index (χ0v) is 19.5. The van der Waals surface area contributed by atoms with Crippen molar-refractivity contribution in [3.8, 4) is 11.1 Å². The average molecular weight is 475 g/mol. The number of halogens is 5. The average Bonchev–Trinajstić information content (AvgIpc) is 2.83. The molecule has 4 rings (SSSR count). The van der Waals surface area contributed by atoms with E-state index >= 15 is 0 Å². The first kappa shape index (κ1) is 25.9. The second-order valence-corrected chi connectivity index (χ2v) is 8.94. The molecule has 3 aromatic carbocycles. The molecule has 0 heterocycles. The molecule has 3 aromatic rings. The molecule has 0 unspecified atom stereocenters. The van der Waals surface area contributed by atoms with E-state index in [9.17, 15) is 22.0 Å². The molecule has 1 saturated carbocycles. The summed E-state index contributed by atoms with van der Waals surface area (Å²) in [6.07, 6.45) is 7.21. The van der Waals surface area contributed by atoms with Crippen LogP contribution in [0.25, 0.3) is 11.1 Å². The summed E-state index contributed by atoms with van der Waals surface area (Å²) in [5.74, 6) is -1.95. The van der Waals surface area contributed by atoms with E-state index in [1.807, 2.05) is 24.3 Å². The van der Waals surface area contributed by atoms with Gasteiger partial charge in [0, 0.05) is 11.6 Å². The summed E-state index contributed by atoms with van der Waals surface area (Å²) in [4.78, 5) is 0. The summed E-state index contributed by atoms with van der Waals surface area (Å²) in [5, 5.41) is 0. The molecule has 5 heteroatoms. The molecule has 34 heavy (non-hydrogen) atoms. The summed E-state index contributed by atoms with van der Waals surface area (Å²) in [6, 6.07) is 16.1. The molecule has 1 fully saturated rings. The molecule has 0 aromatic heterocycles. The topological polar surface area (TPSA) is 0 Å². The first-order valence-electron chi connectivity index (χ1n) is 12.0. The number of alkyl halides is 1. The predicted octanol–water partition coefficient (Wildman–Crippen LogP) is 9.18. The molecule has 0 radical (unpaired) electrons. The van der Waals surface area contributed by atoms with Crippen LogP contribution in [0.2, 0.25) is 0 Å². The maximum Gasteiger partial charge on any atom is 0.161 e. The third-order valence-corrected chi connectivity index (χ3v) is 6.51. The van der Waals surface area contributed by atoms with Gasteiger partial charge in [-0.15, -0.1) is 0 Å². The lowest BCUT2D eigenvalue weighted by Gasteiger charge is -2.28. The highest BCUT2D eigenvalue weighted by atomic mass is 19.2. The van der Waals surface area contributed by atoms with Crippen LogP contribution in [0.1, 0.15) is 62.5 Å².